The number of carbonyl (C=O) groups excluding carboxylic acids is 2. The van der Waals surface area contributed by atoms with Crippen LogP contribution in [0.25, 0.3) is 0 Å². The molecule has 1 aliphatic heterocycles. The van der Waals surface area contributed by atoms with Gasteiger partial charge in [0.15, 0.2) is 0 Å². The van der Waals surface area contributed by atoms with Crippen LogP contribution in [0, 0.1) is 11.3 Å². The minimum absolute atomic E-state index is 0. The monoisotopic (exact) mass is 275 g/mol. The van der Waals surface area contributed by atoms with Crippen molar-refractivity contribution >= 4 is 24.2 Å². The van der Waals surface area contributed by atoms with Gasteiger partial charge in [0.25, 0.3) is 0 Å². The lowest BCUT2D eigenvalue weighted by molar-refractivity contribution is -0.144. The first kappa shape index (κ1) is 15.2. The van der Waals surface area contributed by atoms with E-state index in [1.807, 2.05) is 11.8 Å². The lowest BCUT2D eigenvalue weighted by atomic mass is 10.0. The first-order valence-electron chi connectivity index (χ1n) is 6.28. The van der Waals surface area contributed by atoms with Crippen LogP contribution in [-0.2, 0) is 9.59 Å². The summed E-state index contributed by atoms with van der Waals surface area (Å²) >= 11 is 0. The molecule has 3 N–H and O–H groups in total. The zero-order valence-corrected chi connectivity index (χ0v) is 11.8. The van der Waals surface area contributed by atoms with Crippen LogP contribution in [0.15, 0.2) is 0 Å². The molecule has 0 aromatic carbocycles. The Morgan fingerprint density at radius 1 is 1.44 bits per heavy atom. The second-order valence-corrected chi connectivity index (χ2v) is 5.31. The quantitative estimate of drug-likeness (QED) is 0.719. The van der Waals surface area contributed by atoms with Gasteiger partial charge in [0.05, 0.1) is 0 Å². The molecule has 1 heterocycles. The number of nitrogens with one attached hydrogen (secondary N) is 1. The van der Waals surface area contributed by atoms with E-state index in [0.717, 1.165) is 6.42 Å². The van der Waals surface area contributed by atoms with Gasteiger partial charge in [0.2, 0.25) is 11.8 Å². The summed E-state index contributed by atoms with van der Waals surface area (Å²) < 4.78 is 0. The van der Waals surface area contributed by atoms with Crippen molar-refractivity contribution in [3.63, 3.8) is 0 Å². The van der Waals surface area contributed by atoms with E-state index in [0.29, 0.717) is 31.8 Å². The summed E-state index contributed by atoms with van der Waals surface area (Å²) in [6.07, 6.45) is 2.32. The fourth-order valence-electron chi connectivity index (χ4n) is 2.77. The third kappa shape index (κ3) is 2.34. The fraction of sp³-hybridized carbons (Fsp3) is 0.833. The van der Waals surface area contributed by atoms with Crippen molar-refractivity contribution in [2.45, 2.75) is 32.2 Å². The summed E-state index contributed by atoms with van der Waals surface area (Å²) in [5.41, 5.74) is 4.89. The molecule has 0 radical (unpaired) electrons. The van der Waals surface area contributed by atoms with Crippen LogP contribution in [0.3, 0.4) is 0 Å². The average Bonchev–Trinajstić information content (AvgIpc) is 3.06. The molecule has 0 bridgehead atoms. The maximum absolute atomic E-state index is 12.4. The molecule has 2 amide bonds. The van der Waals surface area contributed by atoms with Crippen LogP contribution in [-0.4, -0.2) is 42.9 Å². The van der Waals surface area contributed by atoms with E-state index < -0.39 is 5.41 Å². The van der Waals surface area contributed by atoms with Crippen LogP contribution in [0.2, 0.25) is 0 Å². The summed E-state index contributed by atoms with van der Waals surface area (Å²) in [6, 6.07) is 0.207. The summed E-state index contributed by atoms with van der Waals surface area (Å²) in [6.45, 7) is 3.35. The standard InChI is InChI=1S/C12H21N3O2.ClH/c1-8-5-9(6-13)7-15(8)11(17)12(3-4-12)10(16)14-2;/h8-9H,3-7,13H2,1-2H3,(H,14,16);1H. The Morgan fingerprint density at radius 3 is 2.44 bits per heavy atom. The predicted octanol–water partition coefficient (Wildman–Crippen LogP) is 0.130. The van der Waals surface area contributed by atoms with Gasteiger partial charge in [-0.25, -0.2) is 0 Å². The molecule has 2 aliphatic rings. The van der Waals surface area contributed by atoms with E-state index in [1.54, 1.807) is 7.05 Å². The van der Waals surface area contributed by atoms with Gasteiger partial charge in [0, 0.05) is 19.6 Å². The predicted molar refractivity (Wildman–Crippen MR) is 71.3 cm³/mol. The Hall–Kier alpha value is -0.810. The molecular weight excluding hydrogens is 254 g/mol. The lowest BCUT2D eigenvalue weighted by Crippen LogP contribution is -2.45. The van der Waals surface area contributed by atoms with Crippen LogP contribution in [0.4, 0.5) is 0 Å². The molecular formula is C12H22ClN3O2. The maximum Gasteiger partial charge on any atom is 0.238 e. The Labute approximate surface area is 114 Å². The molecule has 2 rings (SSSR count). The highest BCUT2D eigenvalue weighted by atomic mass is 35.5. The zero-order valence-electron chi connectivity index (χ0n) is 10.9. The highest BCUT2D eigenvalue weighted by Crippen LogP contribution is 2.48. The number of carbonyl (C=O) groups is 2. The van der Waals surface area contributed by atoms with Gasteiger partial charge in [-0.2, -0.15) is 0 Å². The number of hydrogen-bond acceptors (Lipinski definition) is 3. The van der Waals surface area contributed by atoms with E-state index in [1.165, 1.54) is 0 Å². The molecule has 104 valence electrons. The van der Waals surface area contributed by atoms with E-state index in [2.05, 4.69) is 5.32 Å². The molecule has 2 unspecified atom stereocenters. The van der Waals surface area contributed by atoms with Crippen LogP contribution in [0.1, 0.15) is 26.2 Å². The summed E-state index contributed by atoms with van der Waals surface area (Å²) in [7, 11) is 1.59. The topological polar surface area (TPSA) is 75.4 Å². The Bertz CT molecular complexity index is 344. The van der Waals surface area contributed by atoms with Crippen LogP contribution in [0.5, 0.6) is 0 Å². The molecule has 18 heavy (non-hydrogen) atoms. The molecule has 5 nitrogen and oxygen atoms in total. The van der Waals surface area contributed by atoms with Gasteiger partial charge in [-0.1, -0.05) is 0 Å². The molecule has 2 atom stereocenters. The van der Waals surface area contributed by atoms with Gasteiger partial charge in [-0.05, 0) is 38.6 Å². The Morgan fingerprint density at radius 2 is 2.06 bits per heavy atom. The zero-order chi connectivity index (χ0) is 12.6. The molecule has 0 aromatic rings. The van der Waals surface area contributed by atoms with Gasteiger partial charge in [0.1, 0.15) is 5.41 Å². The SMILES string of the molecule is CNC(=O)C1(C(=O)N2CC(CN)CC2C)CC1.Cl. The highest BCUT2D eigenvalue weighted by molar-refractivity contribution is 6.07. The molecule has 0 aromatic heterocycles. The minimum Gasteiger partial charge on any atom is -0.358 e. The number of nitrogens with zero attached hydrogens (tertiary/aromatic N) is 1. The molecule has 0 spiro atoms. The number of hydrogen-bond donors (Lipinski definition) is 2. The third-order valence-electron chi connectivity index (χ3n) is 4.08. The summed E-state index contributed by atoms with van der Waals surface area (Å²) in [5, 5.41) is 2.60. The molecule has 6 heteroatoms. The second-order valence-electron chi connectivity index (χ2n) is 5.31. The summed E-state index contributed by atoms with van der Waals surface area (Å²) in [4.78, 5) is 26.0. The third-order valence-corrected chi connectivity index (χ3v) is 4.08. The summed E-state index contributed by atoms with van der Waals surface area (Å²) in [5.74, 6) is 0.251. The average molecular weight is 276 g/mol. The van der Waals surface area contributed by atoms with Crippen molar-refractivity contribution in [1.29, 1.82) is 0 Å². The molecule has 2 fully saturated rings. The van der Waals surface area contributed by atoms with Crippen molar-refractivity contribution in [3.05, 3.63) is 0 Å². The van der Waals surface area contributed by atoms with E-state index in [-0.39, 0.29) is 30.3 Å². The highest BCUT2D eigenvalue weighted by Gasteiger charge is 2.58. The van der Waals surface area contributed by atoms with Gasteiger partial charge in [-0.15, -0.1) is 12.4 Å². The van der Waals surface area contributed by atoms with Gasteiger partial charge >= 0.3 is 0 Å². The lowest BCUT2D eigenvalue weighted by Gasteiger charge is -2.26. The fourth-order valence-corrected chi connectivity index (χ4v) is 2.77. The minimum atomic E-state index is -0.757. The van der Waals surface area contributed by atoms with E-state index >= 15 is 0 Å². The van der Waals surface area contributed by atoms with E-state index in [9.17, 15) is 9.59 Å². The number of likely N-dealkylation sites (tertiary alicyclic amines) is 1. The number of halogens is 1. The van der Waals surface area contributed by atoms with Crippen LogP contribution >= 0.6 is 12.4 Å². The molecule has 1 saturated carbocycles. The van der Waals surface area contributed by atoms with Gasteiger partial charge < -0.3 is 16.0 Å². The molecule has 1 aliphatic carbocycles. The first-order chi connectivity index (χ1) is 8.05. The number of rotatable bonds is 3. The first-order valence-corrected chi connectivity index (χ1v) is 6.28. The van der Waals surface area contributed by atoms with Crippen LogP contribution < -0.4 is 11.1 Å². The Balaban J connectivity index is 0.00000162. The maximum atomic E-state index is 12.4. The normalized spacial score (nSPS) is 28.5. The van der Waals surface area contributed by atoms with Crippen molar-refractivity contribution in [1.82, 2.24) is 10.2 Å². The number of amides is 2. The second kappa shape index (κ2) is 5.45. The Kier molecular flexibility index (Phi) is 4.61. The molecule has 1 saturated heterocycles. The number of nitrogens with two attached hydrogens (primary N) is 1. The van der Waals surface area contributed by atoms with Crippen molar-refractivity contribution in [2.24, 2.45) is 17.1 Å². The van der Waals surface area contributed by atoms with Crippen molar-refractivity contribution < 1.29 is 9.59 Å². The van der Waals surface area contributed by atoms with E-state index in [4.69, 9.17) is 5.73 Å². The van der Waals surface area contributed by atoms with Crippen molar-refractivity contribution in [3.8, 4) is 0 Å². The van der Waals surface area contributed by atoms with Gasteiger partial charge in [-0.3, -0.25) is 9.59 Å². The smallest absolute Gasteiger partial charge is 0.238 e. The van der Waals surface area contributed by atoms with Crippen molar-refractivity contribution in [2.75, 3.05) is 20.1 Å². The largest absolute Gasteiger partial charge is 0.358 e.